The van der Waals surface area contributed by atoms with Gasteiger partial charge >= 0.3 is 0 Å². The van der Waals surface area contributed by atoms with Crippen molar-refractivity contribution in [2.75, 3.05) is 6.61 Å². The Hall–Kier alpha value is -1.15. The molecule has 0 saturated heterocycles. The van der Waals surface area contributed by atoms with Gasteiger partial charge in [-0.1, -0.05) is 12.1 Å². The van der Waals surface area contributed by atoms with Crippen molar-refractivity contribution in [3.05, 3.63) is 34.9 Å². The zero-order chi connectivity index (χ0) is 10.6. The maximum absolute atomic E-state index is 11.6. The van der Waals surface area contributed by atoms with E-state index in [1.807, 2.05) is 32.0 Å². The van der Waals surface area contributed by atoms with Crippen LogP contribution in [0.5, 0.6) is 0 Å². The van der Waals surface area contributed by atoms with Gasteiger partial charge in [0.2, 0.25) is 0 Å². The molecule has 0 unspecified atom stereocenters. The van der Waals surface area contributed by atoms with Gasteiger partial charge in [-0.15, -0.1) is 0 Å². The number of Topliss-reactive ketones (excluding diaryl/α,β-unsaturated/α-hetero) is 1. The fourth-order valence-electron chi connectivity index (χ4n) is 1.30. The summed E-state index contributed by atoms with van der Waals surface area (Å²) in [7, 11) is 0. The number of rotatable bonds is 4. The van der Waals surface area contributed by atoms with Gasteiger partial charge in [0.15, 0.2) is 5.78 Å². The van der Waals surface area contributed by atoms with Crippen LogP contribution < -0.4 is 0 Å². The first kappa shape index (κ1) is 10.9. The third-order valence-electron chi connectivity index (χ3n) is 2.39. The summed E-state index contributed by atoms with van der Waals surface area (Å²) in [6.45, 7) is 4.10. The van der Waals surface area contributed by atoms with E-state index in [-0.39, 0.29) is 12.4 Å². The standard InChI is InChI=1S/C12H16O2/c1-9-5-6-11(8-10(9)2)12(14)4-3-7-13/h5-6,8,13H,3-4,7H2,1-2H3. The van der Waals surface area contributed by atoms with Crippen LogP contribution in [0.25, 0.3) is 0 Å². The van der Waals surface area contributed by atoms with Crippen molar-refractivity contribution in [2.24, 2.45) is 0 Å². The van der Waals surface area contributed by atoms with Crippen LogP contribution in [0.2, 0.25) is 0 Å². The van der Waals surface area contributed by atoms with Crippen LogP contribution in [0.1, 0.15) is 34.3 Å². The number of carbonyl (C=O) groups is 1. The molecule has 0 heterocycles. The molecule has 1 aromatic carbocycles. The summed E-state index contributed by atoms with van der Waals surface area (Å²) in [5.74, 6) is 0.113. The number of hydrogen-bond donors (Lipinski definition) is 1. The lowest BCUT2D eigenvalue weighted by atomic mass is 10.0. The molecular weight excluding hydrogens is 176 g/mol. The van der Waals surface area contributed by atoms with Crippen LogP contribution in [0.3, 0.4) is 0 Å². The molecule has 14 heavy (non-hydrogen) atoms. The lowest BCUT2D eigenvalue weighted by molar-refractivity contribution is 0.0971. The molecule has 1 N–H and O–H groups in total. The summed E-state index contributed by atoms with van der Waals surface area (Å²) in [6, 6.07) is 5.72. The van der Waals surface area contributed by atoms with Gasteiger partial charge in [0.1, 0.15) is 0 Å². The predicted octanol–water partition coefficient (Wildman–Crippen LogP) is 2.26. The summed E-state index contributed by atoms with van der Waals surface area (Å²) < 4.78 is 0. The minimum Gasteiger partial charge on any atom is -0.396 e. The van der Waals surface area contributed by atoms with Gasteiger partial charge in [0.25, 0.3) is 0 Å². The highest BCUT2D eigenvalue weighted by Crippen LogP contribution is 2.12. The van der Waals surface area contributed by atoms with E-state index < -0.39 is 0 Å². The van der Waals surface area contributed by atoms with Crippen molar-refractivity contribution < 1.29 is 9.90 Å². The monoisotopic (exact) mass is 192 g/mol. The van der Waals surface area contributed by atoms with Gasteiger partial charge < -0.3 is 5.11 Å². The maximum Gasteiger partial charge on any atom is 0.162 e. The number of carbonyl (C=O) groups excluding carboxylic acids is 1. The Balaban J connectivity index is 2.76. The lowest BCUT2D eigenvalue weighted by Gasteiger charge is -2.03. The van der Waals surface area contributed by atoms with Gasteiger partial charge in [0.05, 0.1) is 0 Å². The first-order chi connectivity index (χ1) is 6.65. The van der Waals surface area contributed by atoms with Crippen LogP contribution >= 0.6 is 0 Å². The molecule has 1 aromatic rings. The van der Waals surface area contributed by atoms with E-state index in [0.29, 0.717) is 12.8 Å². The van der Waals surface area contributed by atoms with E-state index in [9.17, 15) is 4.79 Å². The van der Waals surface area contributed by atoms with Gasteiger partial charge in [-0.25, -0.2) is 0 Å². The summed E-state index contributed by atoms with van der Waals surface area (Å²) in [4.78, 5) is 11.6. The Morgan fingerprint density at radius 1 is 1.29 bits per heavy atom. The van der Waals surface area contributed by atoms with Crippen LogP contribution in [-0.2, 0) is 0 Å². The van der Waals surface area contributed by atoms with Gasteiger partial charge in [-0.3, -0.25) is 4.79 Å². The number of aliphatic hydroxyl groups excluding tert-OH is 1. The first-order valence-corrected chi connectivity index (χ1v) is 4.86. The fraction of sp³-hybridized carbons (Fsp3) is 0.417. The zero-order valence-electron chi connectivity index (χ0n) is 8.71. The van der Waals surface area contributed by atoms with Crippen LogP contribution in [0, 0.1) is 13.8 Å². The van der Waals surface area contributed by atoms with Crippen molar-refractivity contribution in [3.63, 3.8) is 0 Å². The van der Waals surface area contributed by atoms with E-state index in [1.165, 1.54) is 5.56 Å². The zero-order valence-corrected chi connectivity index (χ0v) is 8.71. The Morgan fingerprint density at radius 2 is 2.00 bits per heavy atom. The number of aryl methyl sites for hydroxylation is 2. The molecule has 1 rings (SSSR count). The fourth-order valence-corrected chi connectivity index (χ4v) is 1.30. The summed E-state index contributed by atoms with van der Waals surface area (Å²) in [5, 5.41) is 8.61. The van der Waals surface area contributed by atoms with E-state index in [1.54, 1.807) is 0 Å². The average Bonchev–Trinajstić information content (AvgIpc) is 2.18. The van der Waals surface area contributed by atoms with Crippen LogP contribution in [0.4, 0.5) is 0 Å². The Labute approximate surface area is 84.6 Å². The third kappa shape index (κ3) is 2.67. The van der Waals surface area contributed by atoms with Gasteiger partial charge in [-0.05, 0) is 37.5 Å². The normalized spacial score (nSPS) is 10.2. The van der Waals surface area contributed by atoms with E-state index in [2.05, 4.69) is 0 Å². The van der Waals surface area contributed by atoms with Crippen molar-refractivity contribution in [1.29, 1.82) is 0 Å². The topological polar surface area (TPSA) is 37.3 Å². The van der Waals surface area contributed by atoms with Crippen molar-refractivity contribution in [1.82, 2.24) is 0 Å². The molecule has 0 aliphatic carbocycles. The third-order valence-corrected chi connectivity index (χ3v) is 2.39. The summed E-state index contributed by atoms with van der Waals surface area (Å²) >= 11 is 0. The van der Waals surface area contributed by atoms with E-state index >= 15 is 0 Å². The molecule has 0 radical (unpaired) electrons. The second-order valence-corrected chi connectivity index (χ2v) is 3.55. The van der Waals surface area contributed by atoms with Gasteiger partial charge in [-0.2, -0.15) is 0 Å². The maximum atomic E-state index is 11.6. The first-order valence-electron chi connectivity index (χ1n) is 4.86. The largest absolute Gasteiger partial charge is 0.396 e. The predicted molar refractivity (Wildman–Crippen MR) is 56.6 cm³/mol. The van der Waals surface area contributed by atoms with Crippen molar-refractivity contribution in [3.8, 4) is 0 Å². The molecule has 0 amide bonds. The minimum atomic E-state index is 0.0799. The molecule has 0 bridgehead atoms. The van der Waals surface area contributed by atoms with Crippen LogP contribution in [-0.4, -0.2) is 17.5 Å². The highest BCUT2D eigenvalue weighted by molar-refractivity contribution is 5.96. The second-order valence-electron chi connectivity index (χ2n) is 3.55. The van der Waals surface area contributed by atoms with Crippen molar-refractivity contribution in [2.45, 2.75) is 26.7 Å². The van der Waals surface area contributed by atoms with E-state index in [4.69, 9.17) is 5.11 Å². The molecule has 0 spiro atoms. The summed E-state index contributed by atoms with van der Waals surface area (Å²) in [6.07, 6.45) is 0.977. The molecule has 0 aromatic heterocycles. The van der Waals surface area contributed by atoms with Crippen molar-refractivity contribution >= 4 is 5.78 Å². The number of ketones is 1. The molecule has 0 aliphatic heterocycles. The van der Waals surface area contributed by atoms with Crippen LogP contribution in [0.15, 0.2) is 18.2 Å². The number of benzene rings is 1. The Morgan fingerprint density at radius 3 is 2.57 bits per heavy atom. The molecule has 0 atom stereocenters. The number of aliphatic hydroxyl groups is 1. The average molecular weight is 192 g/mol. The SMILES string of the molecule is Cc1ccc(C(=O)CCCO)cc1C. The molecule has 0 aliphatic rings. The molecule has 2 nitrogen and oxygen atoms in total. The quantitative estimate of drug-likeness (QED) is 0.743. The second kappa shape index (κ2) is 4.91. The van der Waals surface area contributed by atoms with Gasteiger partial charge in [0, 0.05) is 18.6 Å². The lowest BCUT2D eigenvalue weighted by Crippen LogP contribution is -2.01. The Bertz CT molecular complexity index is 329. The highest BCUT2D eigenvalue weighted by atomic mass is 16.3. The molecule has 0 fully saturated rings. The molecule has 0 saturated carbocycles. The smallest absolute Gasteiger partial charge is 0.162 e. The Kier molecular flexibility index (Phi) is 3.84. The van der Waals surface area contributed by atoms with E-state index in [0.717, 1.165) is 11.1 Å². The number of hydrogen-bond acceptors (Lipinski definition) is 2. The molecule has 76 valence electrons. The molecular formula is C12H16O2. The highest BCUT2D eigenvalue weighted by Gasteiger charge is 2.05. The minimum absolute atomic E-state index is 0.0799. The molecule has 2 heteroatoms. The summed E-state index contributed by atoms with van der Waals surface area (Å²) in [5.41, 5.74) is 3.09.